The van der Waals surface area contributed by atoms with Gasteiger partial charge in [0.1, 0.15) is 0 Å². The molecule has 1 aromatic rings. The highest BCUT2D eigenvalue weighted by Gasteiger charge is 2.21. The van der Waals surface area contributed by atoms with E-state index in [-0.39, 0.29) is 0 Å². The molecule has 0 aromatic heterocycles. The minimum atomic E-state index is 0.637. The Morgan fingerprint density at radius 3 is 2.50 bits per heavy atom. The number of anilines is 1. The van der Waals surface area contributed by atoms with Crippen molar-refractivity contribution in [2.75, 3.05) is 37.6 Å². The average Bonchev–Trinajstić information content (AvgIpc) is 2.46. The largest absolute Gasteiger partial charge is 0.369 e. The van der Waals surface area contributed by atoms with E-state index >= 15 is 0 Å². The Bertz CT molecular complexity index is 426. The van der Waals surface area contributed by atoms with Gasteiger partial charge in [-0.25, -0.2) is 0 Å². The molecule has 1 N–H and O–H groups in total. The Morgan fingerprint density at radius 2 is 1.90 bits per heavy atom. The monoisotopic (exact) mass is 295 g/mol. The van der Waals surface area contributed by atoms with Crippen LogP contribution in [0.25, 0.3) is 0 Å². The third-order valence-corrected chi connectivity index (χ3v) is 4.39. The van der Waals surface area contributed by atoms with Crippen molar-refractivity contribution in [3.05, 3.63) is 28.8 Å². The number of nitrogens with zero attached hydrogens (tertiary/aromatic N) is 2. The zero-order valence-corrected chi connectivity index (χ0v) is 13.6. The highest BCUT2D eigenvalue weighted by molar-refractivity contribution is 6.31. The third-order valence-electron chi connectivity index (χ3n) is 4.03. The van der Waals surface area contributed by atoms with Gasteiger partial charge >= 0.3 is 0 Å². The molecular formula is C16H26ClN3. The molecule has 1 aliphatic rings. The summed E-state index contributed by atoms with van der Waals surface area (Å²) in [6.45, 7) is 12.9. The molecule has 0 radical (unpaired) electrons. The molecule has 0 saturated carbocycles. The molecule has 112 valence electrons. The van der Waals surface area contributed by atoms with Gasteiger partial charge < -0.3 is 10.2 Å². The normalized spacial score (nSPS) is 16.9. The predicted molar refractivity (Wildman–Crippen MR) is 87.8 cm³/mol. The molecule has 1 heterocycles. The van der Waals surface area contributed by atoms with Crippen LogP contribution in [0.4, 0.5) is 5.69 Å². The standard InChI is InChI=1S/C16H26ClN3/c1-4-18-12-14-15(17)6-5-7-16(14)20-10-8-19(9-11-20)13(2)3/h5-7,13,18H,4,8-12H2,1-3H3. The van der Waals surface area contributed by atoms with E-state index in [9.17, 15) is 0 Å². The number of piperazine rings is 1. The van der Waals surface area contributed by atoms with Crippen LogP contribution < -0.4 is 10.2 Å². The Morgan fingerprint density at radius 1 is 1.20 bits per heavy atom. The molecule has 1 saturated heterocycles. The number of halogens is 1. The van der Waals surface area contributed by atoms with Crippen LogP contribution >= 0.6 is 11.6 Å². The second kappa shape index (κ2) is 7.30. The maximum Gasteiger partial charge on any atom is 0.0471 e. The van der Waals surface area contributed by atoms with Gasteiger partial charge in [0.15, 0.2) is 0 Å². The number of nitrogens with one attached hydrogen (secondary N) is 1. The minimum Gasteiger partial charge on any atom is -0.369 e. The number of hydrogen-bond acceptors (Lipinski definition) is 3. The fourth-order valence-electron chi connectivity index (χ4n) is 2.75. The quantitative estimate of drug-likeness (QED) is 0.901. The van der Waals surface area contributed by atoms with Gasteiger partial charge in [-0.05, 0) is 32.5 Å². The van der Waals surface area contributed by atoms with Gasteiger partial charge in [0.05, 0.1) is 0 Å². The van der Waals surface area contributed by atoms with Crippen molar-refractivity contribution in [1.82, 2.24) is 10.2 Å². The van der Waals surface area contributed by atoms with E-state index in [1.807, 2.05) is 6.07 Å². The molecule has 0 aliphatic carbocycles. The molecule has 0 bridgehead atoms. The molecule has 0 spiro atoms. The molecule has 1 aliphatic heterocycles. The number of benzene rings is 1. The fraction of sp³-hybridized carbons (Fsp3) is 0.625. The summed E-state index contributed by atoms with van der Waals surface area (Å²) in [6.07, 6.45) is 0. The van der Waals surface area contributed by atoms with Gasteiger partial charge in [-0.3, -0.25) is 4.90 Å². The number of hydrogen-bond donors (Lipinski definition) is 1. The smallest absolute Gasteiger partial charge is 0.0471 e. The summed E-state index contributed by atoms with van der Waals surface area (Å²) in [4.78, 5) is 5.00. The van der Waals surface area contributed by atoms with Crippen molar-refractivity contribution in [3.8, 4) is 0 Å². The van der Waals surface area contributed by atoms with Crippen LogP contribution in [-0.4, -0.2) is 43.7 Å². The van der Waals surface area contributed by atoms with Crippen LogP contribution in [0.15, 0.2) is 18.2 Å². The Labute approximate surface area is 127 Å². The van der Waals surface area contributed by atoms with Gasteiger partial charge in [0.2, 0.25) is 0 Å². The first-order valence-electron chi connectivity index (χ1n) is 7.60. The number of rotatable bonds is 5. The summed E-state index contributed by atoms with van der Waals surface area (Å²) in [6, 6.07) is 6.88. The van der Waals surface area contributed by atoms with E-state index in [0.29, 0.717) is 6.04 Å². The summed E-state index contributed by atoms with van der Waals surface area (Å²) in [7, 11) is 0. The van der Waals surface area contributed by atoms with E-state index < -0.39 is 0 Å². The van der Waals surface area contributed by atoms with E-state index in [1.165, 1.54) is 11.3 Å². The highest BCUT2D eigenvalue weighted by atomic mass is 35.5. The summed E-state index contributed by atoms with van der Waals surface area (Å²) in [5.74, 6) is 0. The second-order valence-electron chi connectivity index (χ2n) is 5.63. The average molecular weight is 296 g/mol. The maximum absolute atomic E-state index is 6.39. The van der Waals surface area contributed by atoms with Crippen LogP contribution in [0, 0.1) is 0 Å². The Balaban J connectivity index is 2.11. The first-order valence-corrected chi connectivity index (χ1v) is 7.98. The van der Waals surface area contributed by atoms with E-state index in [2.05, 4.69) is 48.0 Å². The van der Waals surface area contributed by atoms with Crippen molar-refractivity contribution >= 4 is 17.3 Å². The summed E-state index contributed by atoms with van der Waals surface area (Å²) in [5.41, 5.74) is 2.52. The van der Waals surface area contributed by atoms with Crippen molar-refractivity contribution in [2.24, 2.45) is 0 Å². The lowest BCUT2D eigenvalue weighted by molar-refractivity contribution is 0.209. The molecule has 20 heavy (non-hydrogen) atoms. The van der Waals surface area contributed by atoms with Gasteiger partial charge in [0, 0.05) is 55.0 Å². The van der Waals surface area contributed by atoms with Gasteiger partial charge in [-0.2, -0.15) is 0 Å². The zero-order valence-electron chi connectivity index (χ0n) is 12.8. The van der Waals surface area contributed by atoms with Crippen molar-refractivity contribution in [2.45, 2.75) is 33.4 Å². The zero-order chi connectivity index (χ0) is 14.5. The lowest BCUT2D eigenvalue weighted by Gasteiger charge is -2.39. The lowest BCUT2D eigenvalue weighted by atomic mass is 10.1. The Hall–Kier alpha value is -0.770. The molecule has 0 amide bonds. The molecule has 1 aromatic carbocycles. The van der Waals surface area contributed by atoms with Gasteiger partial charge in [0.25, 0.3) is 0 Å². The highest BCUT2D eigenvalue weighted by Crippen LogP contribution is 2.28. The third kappa shape index (κ3) is 3.66. The van der Waals surface area contributed by atoms with Gasteiger partial charge in [-0.1, -0.05) is 24.6 Å². The van der Waals surface area contributed by atoms with Crippen molar-refractivity contribution < 1.29 is 0 Å². The molecule has 4 heteroatoms. The molecule has 3 nitrogen and oxygen atoms in total. The van der Waals surface area contributed by atoms with Crippen LogP contribution in [-0.2, 0) is 6.54 Å². The van der Waals surface area contributed by atoms with E-state index in [4.69, 9.17) is 11.6 Å². The fourth-order valence-corrected chi connectivity index (χ4v) is 2.98. The van der Waals surface area contributed by atoms with Crippen molar-refractivity contribution in [3.63, 3.8) is 0 Å². The molecule has 0 atom stereocenters. The summed E-state index contributed by atoms with van der Waals surface area (Å²) in [5, 5.41) is 4.26. The minimum absolute atomic E-state index is 0.637. The molecule has 2 rings (SSSR count). The van der Waals surface area contributed by atoms with Gasteiger partial charge in [-0.15, -0.1) is 0 Å². The summed E-state index contributed by atoms with van der Waals surface area (Å²) < 4.78 is 0. The van der Waals surface area contributed by atoms with Crippen LogP contribution in [0.3, 0.4) is 0 Å². The first kappa shape index (κ1) is 15.6. The maximum atomic E-state index is 6.39. The predicted octanol–water partition coefficient (Wildman–Crippen LogP) is 2.98. The van der Waals surface area contributed by atoms with E-state index in [0.717, 1.165) is 44.3 Å². The molecular weight excluding hydrogens is 270 g/mol. The van der Waals surface area contributed by atoms with Crippen LogP contribution in [0.5, 0.6) is 0 Å². The van der Waals surface area contributed by atoms with Crippen LogP contribution in [0.2, 0.25) is 5.02 Å². The second-order valence-corrected chi connectivity index (χ2v) is 6.04. The lowest BCUT2D eigenvalue weighted by Crippen LogP contribution is -2.49. The van der Waals surface area contributed by atoms with Crippen LogP contribution in [0.1, 0.15) is 26.3 Å². The topological polar surface area (TPSA) is 18.5 Å². The van der Waals surface area contributed by atoms with Crippen molar-refractivity contribution in [1.29, 1.82) is 0 Å². The summed E-state index contributed by atoms with van der Waals surface area (Å²) >= 11 is 6.39. The first-order chi connectivity index (χ1) is 9.63. The molecule has 1 fully saturated rings. The van der Waals surface area contributed by atoms with E-state index in [1.54, 1.807) is 0 Å². The molecule has 0 unspecified atom stereocenters. The SMILES string of the molecule is CCNCc1c(Cl)cccc1N1CCN(C(C)C)CC1. The Kier molecular flexibility index (Phi) is 5.70.